The standard InChI is InChI=1S/C23H39N5O/c1-3-24-23(26-21-9-11-22(29)12-10-21)25-17-19-5-7-20(8-6-19)18-28-14-4-13-27(2)15-16-28/h5-8,21-22,29H,3-4,9-18H2,1-2H3,(H2,24,25,26). The lowest BCUT2D eigenvalue weighted by molar-refractivity contribution is 0.120. The molecule has 1 aromatic carbocycles. The smallest absolute Gasteiger partial charge is 0.191 e. The Hall–Kier alpha value is -1.63. The van der Waals surface area contributed by atoms with Crippen LogP contribution in [-0.4, -0.2) is 72.8 Å². The van der Waals surface area contributed by atoms with Gasteiger partial charge in [0, 0.05) is 32.2 Å². The van der Waals surface area contributed by atoms with E-state index in [9.17, 15) is 5.11 Å². The molecule has 1 aliphatic heterocycles. The van der Waals surface area contributed by atoms with Crippen LogP contribution in [0.25, 0.3) is 0 Å². The zero-order valence-electron chi connectivity index (χ0n) is 18.2. The highest BCUT2D eigenvalue weighted by atomic mass is 16.3. The zero-order valence-corrected chi connectivity index (χ0v) is 18.2. The number of nitrogens with one attached hydrogen (secondary N) is 2. The molecule has 1 aliphatic carbocycles. The Labute approximate surface area is 176 Å². The monoisotopic (exact) mass is 401 g/mol. The average molecular weight is 402 g/mol. The van der Waals surface area contributed by atoms with Crippen molar-refractivity contribution >= 4 is 5.96 Å². The highest BCUT2D eigenvalue weighted by Crippen LogP contribution is 2.18. The Morgan fingerprint density at radius 3 is 2.48 bits per heavy atom. The van der Waals surface area contributed by atoms with E-state index in [4.69, 9.17) is 4.99 Å². The molecule has 0 amide bonds. The van der Waals surface area contributed by atoms with Crippen LogP contribution in [0.5, 0.6) is 0 Å². The van der Waals surface area contributed by atoms with E-state index in [0.29, 0.717) is 12.6 Å². The highest BCUT2D eigenvalue weighted by Gasteiger charge is 2.20. The first-order valence-electron chi connectivity index (χ1n) is 11.3. The van der Waals surface area contributed by atoms with E-state index in [2.05, 4.69) is 58.7 Å². The van der Waals surface area contributed by atoms with Crippen LogP contribution in [0.3, 0.4) is 0 Å². The molecule has 2 aliphatic rings. The number of aliphatic hydroxyl groups excluding tert-OH is 1. The molecular formula is C23H39N5O. The maximum atomic E-state index is 9.69. The van der Waals surface area contributed by atoms with E-state index < -0.39 is 0 Å². The van der Waals surface area contributed by atoms with Crippen LogP contribution >= 0.6 is 0 Å². The van der Waals surface area contributed by atoms with Crippen LogP contribution in [0.4, 0.5) is 0 Å². The van der Waals surface area contributed by atoms with Crippen molar-refractivity contribution in [2.45, 2.75) is 64.3 Å². The fraction of sp³-hybridized carbons (Fsp3) is 0.696. The quantitative estimate of drug-likeness (QED) is 0.504. The second-order valence-corrected chi connectivity index (χ2v) is 8.59. The van der Waals surface area contributed by atoms with Crippen LogP contribution in [0, 0.1) is 0 Å². The minimum Gasteiger partial charge on any atom is -0.393 e. The lowest BCUT2D eigenvalue weighted by Gasteiger charge is -2.27. The van der Waals surface area contributed by atoms with Crippen molar-refractivity contribution in [1.29, 1.82) is 0 Å². The molecule has 0 aromatic heterocycles. The number of hydrogen-bond acceptors (Lipinski definition) is 4. The molecule has 1 saturated heterocycles. The van der Waals surface area contributed by atoms with Gasteiger partial charge in [0.05, 0.1) is 12.6 Å². The van der Waals surface area contributed by atoms with E-state index in [-0.39, 0.29) is 6.10 Å². The number of nitrogens with zero attached hydrogens (tertiary/aromatic N) is 3. The largest absolute Gasteiger partial charge is 0.393 e. The number of guanidine groups is 1. The summed E-state index contributed by atoms with van der Waals surface area (Å²) in [6.07, 6.45) is 4.90. The van der Waals surface area contributed by atoms with Gasteiger partial charge in [-0.15, -0.1) is 0 Å². The van der Waals surface area contributed by atoms with Crippen molar-refractivity contribution in [1.82, 2.24) is 20.4 Å². The molecule has 0 unspecified atom stereocenters. The predicted octanol–water partition coefficient (Wildman–Crippen LogP) is 2.18. The van der Waals surface area contributed by atoms with Gasteiger partial charge < -0.3 is 20.6 Å². The van der Waals surface area contributed by atoms with Gasteiger partial charge in [0.15, 0.2) is 5.96 Å². The van der Waals surface area contributed by atoms with E-state index >= 15 is 0 Å². The van der Waals surface area contributed by atoms with Gasteiger partial charge in [-0.1, -0.05) is 24.3 Å². The van der Waals surface area contributed by atoms with Crippen LogP contribution in [0.1, 0.15) is 50.2 Å². The SMILES string of the molecule is CCNC(=NCc1ccc(CN2CCCN(C)CC2)cc1)NC1CCC(O)CC1. The molecular weight excluding hydrogens is 362 g/mol. The molecule has 1 heterocycles. The molecule has 0 spiro atoms. The molecule has 3 N–H and O–H groups in total. The Balaban J connectivity index is 1.50. The summed E-state index contributed by atoms with van der Waals surface area (Å²) in [5.41, 5.74) is 2.62. The third-order valence-corrected chi connectivity index (χ3v) is 6.04. The summed E-state index contributed by atoms with van der Waals surface area (Å²) in [6, 6.07) is 9.34. The first-order chi connectivity index (χ1) is 14.1. The number of likely N-dealkylation sites (N-methyl/N-ethyl adjacent to an activating group) is 1. The van der Waals surface area contributed by atoms with Gasteiger partial charge in [0.1, 0.15) is 0 Å². The van der Waals surface area contributed by atoms with E-state index in [1.54, 1.807) is 0 Å². The summed E-state index contributed by atoms with van der Waals surface area (Å²) >= 11 is 0. The fourth-order valence-corrected chi connectivity index (χ4v) is 4.17. The van der Waals surface area contributed by atoms with Crippen molar-refractivity contribution in [2.75, 3.05) is 39.8 Å². The summed E-state index contributed by atoms with van der Waals surface area (Å²) in [6.45, 7) is 9.37. The van der Waals surface area contributed by atoms with Gasteiger partial charge in [-0.2, -0.15) is 0 Å². The van der Waals surface area contributed by atoms with Crippen LogP contribution in [-0.2, 0) is 13.1 Å². The molecule has 6 nitrogen and oxygen atoms in total. The summed E-state index contributed by atoms with van der Waals surface area (Å²) in [5, 5.41) is 16.6. The Morgan fingerprint density at radius 1 is 1.03 bits per heavy atom. The van der Waals surface area contributed by atoms with Gasteiger partial charge in [-0.25, -0.2) is 4.99 Å². The fourth-order valence-electron chi connectivity index (χ4n) is 4.17. The Bertz CT molecular complexity index is 625. The molecule has 162 valence electrons. The van der Waals surface area contributed by atoms with Crippen molar-refractivity contribution in [2.24, 2.45) is 4.99 Å². The van der Waals surface area contributed by atoms with Crippen LogP contribution in [0.2, 0.25) is 0 Å². The second kappa shape index (κ2) is 11.5. The first-order valence-corrected chi connectivity index (χ1v) is 11.3. The van der Waals surface area contributed by atoms with E-state index in [0.717, 1.165) is 57.8 Å². The average Bonchev–Trinajstić information content (AvgIpc) is 2.93. The van der Waals surface area contributed by atoms with E-state index in [1.807, 2.05) is 0 Å². The number of benzene rings is 1. The Morgan fingerprint density at radius 2 is 1.76 bits per heavy atom. The second-order valence-electron chi connectivity index (χ2n) is 8.59. The molecule has 1 saturated carbocycles. The molecule has 0 atom stereocenters. The van der Waals surface area contributed by atoms with Gasteiger partial charge >= 0.3 is 0 Å². The maximum Gasteiger partial charge on any atom is 0.191 e. The lowest BCUT2D eigenvalue weighted by Crippen LogP contribution is -2.45. The lowest BCUT2D eigenvalue weighted by atomic mass is 9.93. The Kier molecular flexibility index (Phi) is 8.77. The van der Waals surface area contributed by atoms with Gasteiger partial charge in [0.2, 0.25) is 0 Å². The third kappa shape index (κ3) is 7.61. The van der Waals surface area contributed by atoms with Crippen molar-refractivity contribution in [3.63, 3.8) is 0 Å². The maximum absolute atomic E-state index is 9.69. The molecule has 0 radical (unpaired) electrons. The minimum atomic E-state index is -0.124. The molecule has 1 aromatic rings. The number of aliphatic hydroxyl groups is 1. The van der Waals surface area contributed by atoms with Crippen LogP contribution < -0.4 is 10.6 Å². The minimum absolute atomic E-state index is 0.124. The van der Waals surface area contributed by atoms with Gasteiger partial charge in [-0.05, 0) is 70.3 Å². The molecule has 2 fully saturated rings. The number of rotatable bonds is 6. The van der Waals surface area contributed by atoms with Gasteiger partial charge in [-0.3, -0.25) is 4.90 Å². The topological polar surface area (TPSA) is 63.1 Å². The third-order valence-electron chi connectivity index (χ3n) is 6.04. The molecule has 3 rings (SSSR count). The van der Waals surface area contributed by atoms with Crippen molar-refractivity contribution < 1.29 is 5.11 Å². The van der Waals surface area contributed by atoms with Crippen LogP contribution in [0.15, 0.2) is 29.3 Å². The molecule has 6 heteroatoms. The highest BCUT2D eigenvalue weighted by molar-refractivity contribution is 5.80. The van der Waals surface area contributed by atoms with Crippen molar-refractivity contribution in [3.8, 4) is 0 Å². The summed E-state index contributed by atoms with van der Waals surface area (Å²) in [4.78, 5) is 9.76. The van der Waals surface area contributed by atoms with Crippen molar-refractivity contribution in [3.05, 3.63) is 35.4 Å². The predicted molar refractivity (Wildman–Crippen MR) is 120 cm³/mol. The summed E-state index contributed by atoms with van der Waals surface area (Å²) in [7, 11) is 2.22. The summed E-state index contributed by atoms with van der Waals surface area (Å²) < 4.78 is 0. The molecule has 29 heavy (non-hydrogen) atoms. The number of aliphatic imine (C=N–C) groups is 1. The van der Waals surface area contributed by atoms with E-state index in [1.165, 1.54) is 30.6 Å². The van der Waals surface area contributed by atoms with Gasteiger partial charge in [0.25, 0.3) is 0 Å². The number of hydrogen-bond donors (Lipinski definition) is 3. The molecule has 0 bridgehead atoms. The zero-order chi connectivity index (χ0) is 20.5. The summed E-state index contributed by atoms with van der Waals surface area (Å²) in [5.74, 6) is 0.881. The normalized spacial score (nSPS) is 24.9. The first kappa shape index (κ1) is 22.1.